The third-order valence-electron chi connectivity index (χ3n) is 5.30. The van der Waals surface area contributed by atoms with E-state index in [9.17, 15) is 0 Å². The van der Waals surface area contributed by atoms with Crippen molar-refractivity contribution in [3.8, 4) is 0 Å². The highest BCUT2D eigenvalue weighted by Crippen LogP contribution is 2.45. The molecule has 0 fully saturated rings. The number of hydrogen-bond acceptors (Lipinski definition) is 2. The molecule has 0 saturated carbocycles. The summed E-state index contributed by atoms with van der Waals surface area (Å²) in [7, 11) is 8.64. The van der Waals surface area contributed by atoms with E-state index in [1.807, 2.05) is 0 Å². The highest BCUT2D eigenvalue weighted by molar-refractivity contribution is 5.05. The minimum Gasteiger partial charge on any atom is -0.304 e. The molecule has 0 rings (SSSR count). The minimum absolute atomic E-state index is 0. The van der Waals surface area contributed by atoms with Crippen LogP contribution in [0.15, 0.2) is 0 Å². The van der Waals surface area contributed by atoms with Crippen LogP contribution in [0.4, 0.5) is 0 Å². The molecule has 0 amide bonds. The van der Waals surface area contributed by atoms with Crippen molar-refractivity contribution >= 4 is 0 Å². The standard InChI is InChI=1S/C13H30N2.2CH4/c1-11(2,12(3,4)14(7)8)13(5,6)15(9)10;;/h1-10H3;2*1H4. The molecule has 0 aliphatic heterocycles. The van der Waals surface area contributed by atoms with Crippen LogP contribution in [-0.2, 0) is 0 Å². The number of nitrogens with zero attached hydrogens (tertiary/aromatic N) is 2. The Bertz CT molecular complexity index is 191. The van der Waals surface area contributed by atoms with Crippen molar-refractivity contribution in [2.24, 2.45) is 5.41 Å². The summed E-state index contributed by atoms with van der Waals surface area (Å²) in [6.45, 7) is 14.0. The predicted octanol–water partition coefficient (Wildman–Crippen LogP) is 3.97. The van der Waals surface area contributed by atoms with Crippen LogP contribution in [0.3, 0.4) is 0 Å². The van der Waals surface area contributed by atoms with Crippen molar-refractivity contribution in [1.82, 2.24) is 9.80 Å². The molecule has 0 aliphatic carbocycles. The molecule has 0 N–H and O–H groups in total. The maximum absolute atomic E-state index is 2.35. The van der Waals surface area contributed by atoms with Gasteiger partial charge in [0.15, 0.2) is 0 Å². The lowest BCUT2D eigenvalue weighted by atomic mass is 9.62. The van der Waals surface area contributed by atoms with Gasteiger partial charge in [0, 0.05) is 16.5 Å². The number of rotatable bonds is 4. The summed E-state index contributed by atoms with van der Waals surface area (Å²) in [4.78, 5) is 4.64. The summed E-state index contributed by atoms with van der Waals surface area (Å²) >= 11 is 0. The zero-order valence-corrected chi connectivity index (χ0v) is 12.4. The Labute approximate surface area is 111 Å². The van der Waals surface area contributed by atoms with Crippen LogP contribution in [0.25, 0.3) is 0 Å². The summed E-state index contributed by atoms with van der Waals surface area (Å²) in [6, 6.07) is 0. The van der Waals surface area contributed by atoms with E-state index in [2.05, 4.69) is 79.5 Å². The summed E-state index contributed by atoms with van der Waals surface area (Å²) in [5.74, 6) is 0. The average Bonchev–Trinajstić information content (AvgIpc) is 2.02. The van der Waals surface area contributed by atoms with Gasteiger partial charge in [-0.15, -0.1) is 0 Å². The highest BCUT2D eigenvalue weighted by Gasteiger charge is 2.50. The lowest BCUT2D eigenvalue weighted by Crippen LogP contribution is -2.63. The first-order valence-electron chi connectivity index (χ1n) is 5.74. The van der Waals surface area contributed by atoms with Crippen LogP contribution in [-0.4, -0.2) is 49.1 Å². The van der Waals surface area contributed by atoms with Crippen LogP contribution >= 0.6 is 0 Å². The summed E-state index contributed by atoms with van der Waals surface area (Å²) in [5.41, 5.74) is 0.495. The molecule has 108 valence electrons. The van der Waals surface area contributed by atoms with Gasteiger partial charge in [0.05, 0.1) is 0 Å². The smallest absolute Gasteiger partial charge is 0.0215 e. The quantitative estimate of drug-likeness (QED) is 0.741. The molecule has 0 atom stereocenters. The SMILES string of the molecule is C.C.CN(C)C(C)(C)C(C)(C)C(C)(C)N(C)C. The maximum atomic E-state index is 2.35. The topological polar surface area (TPSA) is 6.48 Å². The van der Waals surface area contributed by atoms with Gasteiger partial charge in [0.25, 0.3) is 0 Å². The van der Waals surface area contributed by atoms with E-state index in [4.69, 9.17) is 0 Å². The van der Waals surface area contributed by atoms with Gasteiger partial charge in [-0.3, -0.25) is 0 Å². The van der Waals surface area contributed by atoms with Crippen LogP contribution < -0.4 is 0 Å². The van der Waals surface area contributed by atoms with Gasteiger partial charge in [-0.05, 0) is 55.9 Å². The lowest BCUT2D eigenvalue weighted by molar-refractivity contribution is -0.0581. The lowest BCUT2D eigenvalue weighted by Gasteiger charge is -2.57. The van der Waals surface area contributed by atoms with E-state index < -0.39 is 0 Å². The largest absolute Gasteiger partial charge is 0.304 e. The fourth-order valence-corrected chi connectivity index (χ4v) is 1.87. The van der Waals surface area contributed by atoms with E-state index in [-0.39, 0.29) is 31.3 Å². The van der Waals surface area contributed by atoms with E-state index >= 15 is 0 Å². The molecule has 0 aromatic carbocycles. The van der Waals surface area contributed by atoms with Gasteiger partial charge in [-0.2, -0.15) is 0 Å². The van der Waals surface area contributed by atoms with Crippen molar-refractivity contribution in [1.29, 1.82) is 0 Å². The zero-order valence-electron chi connectivity index (χ0n) is 12.4. The average molecular weight is 246 g/mol. The fourth-order valence-electron chi connectivity index (χ4n) is 1.87. The second kappa shape index (κ2) is 6.19. The highest BCUT2D eigenvalue weighted by atomic mass is 15.2. The molecular formula is C15H38N2. The maximum Gasteiger partial charge on any atom is 0.0215 e. The monoisotopic (exact) mass is 246 g/mol. The molecule has 2 heteroatoms. The first-order valence-corrected chi connectivity index (χ1v) is 5.74. The molecule has 0 radical (unpaired) electrons. The van der Waals surface area contributed by atoms with Gasteiger partial charge >= 0.3 is 0 Å². The molecule has 0 saturated heterocycles. The molecule has 17 heavy (non-hydrogen) atoms. The Morgan fingerprint density at radius 1 is 0.529 bits per heavy atom. The third kappa shape index (κ3) is 3.45. The summed E-state index contributed by atoms with van der Waals surface area (Å²) in [6.07, 6.45) is 0. The van der Waals surface area contributed by atoms with Crippen molar-refractivity contribution < 1.29 is 0 Å². The molecule has 0 aliphatic rings. The Morgan fingerprint density at radius 2 is 0.706 bits per heavy atom. The van der Waals surface area contributed by atoms with Gasteiger partial charge in [-0.1, -0.05) is 28.7 Å². The third-order valence-corrected chi connectivity index (χ3v) is 5.30. The van der Waals surface area contributed by atoms with Gasteiger partial charge in [-0.25, -0.2) is 0 Å². The second-order valence-electron chi connectivity index (χ2n) is 6.53. The molecule has 2 nitrogen and oxygen atoms in total. The molecule has 0 aromatic heterocycles. The zero-order chi connectivity index (χ0) is 12.7. The molecule has 0 aromatic rings. The first-order chi connectivity index (χ1) is 6.39. The molecule has 0 bridgehead atoms. The first kappa shape index (κ1) is 22.1. The van der Waals surface area contributed by atoms with E-state index in [0.717, 1.165) is 0 Å². The van der Waals surface area contributed by atoms with Crippen LogP contribution in [0.2, 0.25) is 0 Å². The molecular weight excluding hydrogens is 208 g/mol. The van der Waals surface area contributed by atoms with Crippen molar-refractivity contribution in [2.75, 3.05) is 28.2 Å². The van der Waals surface area contributed by atoms with Crippen molar-refractivity contribution in [2.45, 2.75) is 67.5 Å². The van der Waals surface area contributed by atoms with Crippen LogP contribution in [0, 0.1) is 5.41 Å². The van der Waals surface area contributed by atoms with E-state index in [1.165, 1.54) is 0 Å². The normalized spacial score (nSPS) is 13.4. The van der Waals surface area contributed by atoms with Crippen molar-refractivity contribution in [3.63, 3.8) is 0 Å². The number of hydrogen-bond donors (Lipinski definition) is 0. The van der Waals surface area contributed by atoms with Crippen molar-refractivity contribution in [3.05, 3.63) is 0 Å². The minimum atomic E-state index is 0. The van der Waals surface area contributed by atoms with E-state index in [0.29, 0.717) is 0 Å². The van der Waals surface area contributed by atoms with Crippen LogP contribution in [0.1, 0.15) is 56.4 Å². The van der Waals surface area contributed by atoms with Crippen LogP contribution in [0.5, 0.6) is 0 Å². The molecule has 0 unspecified atom stereocenters. The van der Waals surface area contributed by atoms with Gasteiger partial charge in [0.1, 0.15) is 0 Å². The fraction of sp³-hybridized carbons (Fsp3) is 1.00. The Hall–Kier alpha value is -0.0800. The Balaban J connectivity index is -0.000000980. The summed E-state index contributed by atoms with van der Waals surface area (Å²) in [5, 5.41) is 0. The molecule has 0 heterocycles. The predicted molar refractivity (Wildman–Crippen MR) is 82.8 cm³/mol. The van der Waals surface area contributed by atoms with Gasteiger partial charge < -0.3 is 9.80 Å². The second-order valence-corrected chi connectivity index (χ2v) is 6.53. The van der Waals surface area contributed by atoms with Gasteiger partial charge in [0.2, 0.25) is 0 Å². The Kier molecular flexibility index (Phi) is 8.06. The Morgan fingerprint density at radius 3 is 0.824 bits per heavy atom. The summed E-state index contributed by atoms with van der Waals surface area (Å²) < 4.78 is 0. The van der Waals surface area contributed by atoms with E-state index in [1.54, 1.807) is 0 Å². The molecule has 0 spiro atoms.